The van der Waals surface area contributed by atoms with E-state index < -0.39 is 27.9 Å². The summed E-state index contributed by atoms with van der Waals surface area (Å²) in [5.41, 5.74) is 3.26. The van der Waals surface area contributed by atoms with Gasteiger partial charge in [0.15, 0.2) is 0 Å². The number of aromatic nitrogens is 2. The van der Waals surface area contributed by atoms with Gasteiger partial charge in [-0.15, -0.1) is 0 Å². The van der Waals surface area contributed by atoms with Crippen LogP contribution >= 0.6 is 0 Å². The topological polar surface area (TPSA) is 124 Å². The van der Waals surface area contributed by atoms with Gasteiger partial charge in [-0.1, -0.05) is 18.9 Å². The van der Waals surface area contributed by atoms with E-state index in [2.05, 4.69) is 20.6 Å². The zero-order valence-corrected chi connectivity index (χ0v) is 22.1. The summed E-state index contributed by atoms with van der Waals surface area (Å²) in [7, 11) is -3.83. The van der Waals surface area contributed by atoms with Crippen LogP contribution in [0.1, 0.15) is 61.8 Å². The Morgan fingerprint density at radius 1 is 1.08 bits per heavy atom. The van der Waals surface area contributed by atoms with E-state index >= 15 is 0 Å². The first-order valence-corrected chi connectivity index (χ1v) is 15.0. The van der Waals surface area contributed by atoms with Gasteiger partial charge in [0.05, 0.1) is 17.1 Å². The van der Waals surface area contributed by atoms with Crippen molar-refractivity contribution in [2.24, 2.45) is 11.8 Å². The molecule has 0 bridgehead atoms. The van der Waals surface area contributed by atoms with E-state index in [9.17, 15) is 18.0 Å². The summed E-state index contributed by atoms with van der Waals surface area (Å²) < 4.78 is 29.7. The van der Waals surface area contributed by atoms with Crippen LogP contribution in [0.25, 0.3) is 0 Å². The predicted molar refractivity (Wildman–Crippen MR) is 139 cm³/mol. The molecule has 1 saturated heterocycles. The fourth-order valence-corrected chi connectivity index (χ4v) is 7.87. The highest BCUT2D eigenvalue weighted by Gasteiger charge is 2.47. The predicted octanol–water partition coefficient (Wildman–Crippen LogP) is 2.33. The van der Waals surface area contributed by atoms with Crippen LogP contribution in [0.2, 0.25) is 0 Å². The van der Waals surface area contributed by atoms with Crippen molar-refractivity contribution in [3.63, 3.8) is 0 Å². The smallest absolute Gasteiger partial charge is 0.243 e. The van der Waals surface area contributed by atoms with E-state index in [-0.39, 0.29) is 11.8 Å². The molecule has 3 atom stereocenters. The monoisotopic (exact) mass is 527 g/mol. The quantitative estimate of drug-likeness (QED) is 0.532. The Morgan fingerprint density at radius 3 is 2.76 bits per heavy atom. The number of aromatic amines is 1. The van der Waals surface area contributed by atoms with Crippen LogP contribution in [0.15, 0.2) is 35.6 Å². The fourth-order valence-electron chi connectivity index (χ4n) is 6.11. The van der Waals surface area contributed by atoms with Gasteiger partial charge in [-0.25, -0.2) is 13.4 Å². The van der Waals surface area contributed by atoms with E-state index in [1.54, 1.807) is 22.9 Å². The Labute approximate surface area is 218 Å². The number of benzene rings is 1. The van der Waals surface area contributed by atoms with E-state index in [4.69, 9.17) is 0 Å². The van der Waals surface area contributed by atoms with Gasteiger partial charge in [0.25, 0.3) is 0 Å². The Kier molecular flexibility index (Phi) is 7.95. The third-order valence-electron chi connectivity index (χ3n) is 8.14. The highest BCUT2D eigenvalue weighted by atomic mass is 32.2. The molecule has 9 nitrogen and oxygen atoms in total. The number of nitrogens with zero attached hydrogens (tertiary/aromatic N) is 2. The number of rotatable bonds is 6. The number of imidazole rings is 1. The number of carbonyl (C=O) groups is 2. The van der Waals surface area contributed by atoms with Crippen molar-refractivity contribution >= 4 is 21.8 Å². The first-order chi connectivity index (χ1) is 17.9. The molecule has 2 heterocycles. The molecular weight excluding hydrogens is 490 g/mol. The lowest BCUT2D eigenvalue weighted by Crippen LogP contribution is -2.47. The van der Waals surface area contributed by atoms with E-state index in [0.717, 1.165) is 56.2 Å². The molecular formula is C27H37N5O4S. The van der Waals surface area contributed by atoms with Crippen molar-refractivity contribution < 1.29 is 18.0 Å². The Hall–Kier alpha value is -2.72. The maximum absolute atomic E-state index is 14.0. The second-order valence-electron chi connectivity index (χ2n) is 10.6. The third kappa shape index (κ3) is 5.75. The molecule has 1 aromatic heterocycles. The van der Waals surface area contributed by atoms with Crippen molar-refractivity contribution in [3.8, 4) is 0 Å². The molecule has 200 valence electrons. The molecule has 2 aliphatic carbocycles. The van der Waals surface area contributed by atoms with E-state index in [0.29, 0.717) is 43.8 Å². The number of sulfonamides is 1. The number of aryl methyl sites for hydroxylation is 2. The summed E-state index contributed by atoms with van der Waals surface area (Å²) in [6.07, 6.45) is 11.0. The van der Waals surface area contributed by atoms with Gasteiger partial charge in [0.2, 0.25) is 21.8 Å². The summed E-state index contributed by atoms with van der Waals surface area (Å²) in [6.45, 7) is 1.40. The van der Waals surface area contributed by atoms with Crippen LogP contribution in [-0.4, -0.2) is 60.2 Å². The number of hydrogen-bond acceptors (Lipinski definition) is 5. The minimum atomic E-state index is -3.83. The Balaban J connectivity index is 1.38. The molecule has 1 saturated carbocycles. The minimum Gasteiger partial charge on any atom is -0.356 e. The lowest BCUT2D eigenvalue weighted by molar-refractivity contribution is -0.126. The summed E-state index contributed by atoms with van der Waals surface area (Å²) in [5, 5.41) is 6.00. The summed E-state index contributed by atoms with van der Waals surface area (Å²) in [6, 6.07) is 4.94. The Morgan fingerprint density at radius 2 is 1.92 bits per heavy atom. The van der Waals surface area contributed by atoms with Gasteiger partial charge in [-0.2, -0.15) is 4.31 Å². The molecule has 5 rings (SSSR count). The van der Waals surface area contributed by atoms with Crippen LogP contribution in [0, 0.1) is 11.8 Å². The van der Waals surface area contributed by atoms with Crippen molar-refractivity contribution in [2.75, 3.05) is 19.6 Å². The number of amides is 2. The highest BCUT2D eigenvalue weighted by molar-refractivity contribution is 7.89. The average molecular weight is 528 g/mol. The molecule has 3 N–H and O–H groups in total. The van der Waals surface area contributed by atoms with Gasteiger partial charge < -0.3 is 15.6 Å². The van der Waals surface area contributed by atoms with Crippen molar-refractivity contribution in [1.82, 2.24) is 24.9 Å². The zero-order valence-electron chi connectivity index (χ0n) is 21.2. The second-order valence-corrected chi connectivity index (χ2v) is 12.5. The molecule has 3 unspecified atom stereocenters. The third-order valence-corrected chi connectivity index (χ3v) is 10.1. The van der Waals surface area contributed by atoms with Crippen LogP contribution in [0.5, 0.6) is 0 Å². The van der Waals surface area contributed by atoms with Gasteiger partial charge in [-0.3, -0.25) is 9.59 Å². The summed E-state index contributed by atoms with van der Waals surface area (Å²) in [4.78, 5) is 33.7. The molecule has 10 heteroatoms. The number of H-pyrrole nitrogens is 1. The van der Waals surface area contributed by atoms with Crippen molar-refractivity contribution in [3.05, 3.63) is 47.5 Å². The molecule has 1 aromatic carbocycles. The van der Waals surface area contributed by atoms with Gasteiger partial charge >= 0.3 is 0 Å². The standard InChI is InChI=1S/C27H37N5O4S/c33-26(30-12-10-22-17-28-18-31-22)21-15-24-25(16-21)32(13-4-2-1-3-11-29-27(24)34)37(35,36)23-9-8-19-6-5-7-20(19)14-23/h8-9,14,17-18,21,24-25H,1-7,10-13,15-16H2,(H,28,31)(H,29,34)(H,30,33). The molecule has 3 aliphatic rings. The lowest BCUT2D eigenvalue weighted by Gasteiger charge is -2.31. The molecule has 37 heavy (non-hydrogen) atoms. The van der Waals surface area contributed by atoms with E-state index in [1.165, 1.54) is 5.56 Å². The summed E-state index contributed by atoms with van der Waals surface area (Å²) in [5.74, 6) is -1.23. The van der Waals surface area contributed by atoms with Gasteiger partial charge in [0.1, 0.15) is 0 Å². The van der Waals surface area contributed by atoms with Crippen molar-refractivity contribution in [1.29, 1.82) is 0 Å². The highest BCUT2D eigenvalue weighted by Crippen LogP contribution is 2.39. The van der Waals surface area contributed by atoms with Crippen molar-refractivity contribution in [2.45, 2.75) is 75.1 Å². The zero-order chi connectivity index (χ0) is 25.8. The molecule has 0 radical (unpaired) electrons. The number of fused-ring (bicyclic) bond motifs is 2. The molecule has 1 aliphatic heterocycles. The molecule has 2 aromatic rings. The normalized spacial score (nSPS) is 25.1. The summed E-state index contributed by atoms with van der Waals surface area (Å²) >= 11 is 0. The van der Waals surface area contributed by atoms with Crippen LogP contribution < -0.4 is 10.6 Å². The average Bonchev–Trinajstić information content (AvgIpc) is 3.65. The maximum atomic E-state index is 14.0. The molecule has 2 fully saturated rings. The first-order valence-electron chi connectivity index (χ1n) is 13.6. The Bertz CT molecular complexity index is 1210. The first kappa shape index (κ1) is 25.9. The fraction of sp³-hybridized carbons (Fsp3) is 0.593. The van der Waals surface area contributed by atoms with Gasteiger partial charge in [-0.05, 0) is 68.2 Å². The number of nitrogens with one attached hydrogen (secondary N) is 3. The minimum absolute atomic E-state index is 0.123. The van der Waals surface area contributed by atoms with Crippen LogP contribution in [-0.2, 0) is 38.9 Å². The van der Waals surface area contributed by atoms with Crippen LogP contribution in [0.3, 0.4) is 0 Å². The SMILES string of the molecule is O=C(NCCc1cnc[nH]1)C1CC2C(=O)NCCCCCCN(S(=O)(=O)c3ccc4c(c3)CCC4)C2C1. The number of carbonyl (C=O) groups excluding carboxylic acids is 2. The maximum Gasteiger partial charge on any atom is 0.243 e. The lowest BCUT2D eigenvalue weighted by atomic mass is 10.0. The number of hydrogen-bond donors (Lipinski definition) is 3. The van der Waals surface area contributed by atoms with E-state index in [1.807, 2.05) is 12.1 Å². The molecule has 2 amide bonds. The largest absolute Gasteiger partial charge is 0.356 e. The van der Waals surface area contributed by atoms with Crippen LogP contribution in [0.4, 0.5) is 0 Å². The van der Waals surface area contributed by atoms with Gasteiger partial charge in [0, 0.05) is 49.9 Å². The molecule has 0 spiro atoms. The second kappa shape index (κ2) is 11.3.